The number of carbonyl (C=O) groups is 1. The number of hydrogen-bond acceptors (Lipinski definition) is 7. The lowest BCUT2D eigenvalue weighted by Crippen LogP contribution is -2.49. The Labute approximate surface area is 185 Å². The number of carbonyl (C=O) groups excluding carboxylic acids is 1. The highest BCUT2D eigenvalue weighted by atomic mass is 16.7. The van der Waals surface area contributed by atoms with Crippen LogP contribution in [0.1, 0.15) is 72.6 Å². The van der Waals surface area contributed by atoms with Gasteiger partial charge in [0.15, 0.2) is 5.76 Å². The summed E-state index contributed by atoms with van der Waals surface area (Å²) < 4.78 is 29.9. The van der Waals surface area contributed by atoms with Crippen molar-refractivity contribution in [3.63, 3.8) is 0 Å². The van der Waals surface area contributed by atoms with Crippen LogP contribution in [-0.4, -0.2) is 55.9 Å². The van der Waals surface area contributed by atoms with Crippen LogP contribution in [0.25, 0.3) is 10.4 Å². The SMILES string of the molecule is CCCCOC1=CC(OCCCC)C(C)OC1OC1C(N=[N+]=[N-])CCCC1OC(C)=O. The van der Waals surface area contributed by atoms with Gasteiger partial charge in [0.25, 0.3) is 0 Å². The van der Waals surface area contributed by atoms with Gasteiger partial charge in [-0.1, -0.05) is 31.8 Å². The molecule has 1 aliphatic heterocycles. The molecule has 2 aliphatic rings. The van der Waals surface area contributed by atoms with Gasteiger partial charge in [0.2, 0.25) is 6.29 Å². The van der Waals surface area contributed by atoms with Crippen LogP contribution in [0.4, 0.5) is 0 Å². The highest BCUT2D eigenvalue weighted by molar-refractivity contribution is 5.66. The Balaban J connectivity index is 2.20. The summed E-state index contributed by atoms with van der Waals surface area (Å²) in [6, 6.07) is -0.447. The maximum atomic E-state index is 11.6. The fourth-order valence-electron chi connectivity index (χ4n) is 3.77. The Bertz CT molecular complexity index is 637. The highest BCUT2D eigenvalue weighted by Crippen LogP contribution is 2.32. The van der Waals surface area contributed by atoms with E-state index in [-0.39, 0.29) is 12.2 Å². The molecule has 1 heterocycles. The van der Waals surface area contributed by atoms with Gasteiger partial charge in [-0.25, -0.2) is 0 Å². The van der Waals surface area contributed by atoms with Crippen LogP contribution in [0, 0.1) is 0 Å². The summed E-state index contributed by atoms with van der Waals surface area (Å²) in [6.45, 7) is 8.70. The number of ether oxygens (including phenoxy) is 5. The molecule has 1 fully saturated rings. The summed E-state index contributed by atoms with van der Waals surface area (Å²) in [5, 5.41) is 3.90. The van der Waals surface area contributed by atoms with E-state index in [1.165, 1.54) is 6.92 Å². The third-order valence-electron chi connectivity index (χ3n) is 5.47. The first-order valence-electron chi connectivity index (χ1n) is 11.5. The maximum absolute atomic E-state index is 11.6. The average Bonchev–Trinajstić information content (AvgIpc) is 2.73. The van der Waals surface area contributed by atoms with Gasteiger partial charge in [-0.2, -0.15) is 0 Å². The molecule has 176 valence electrons. The molecule has 2 rings (SSSR count). The largest absolute Gasteiger partial charge is 0.493 e. The zero-order valence-electron chi connectivity index (χ0n) is 19.2. The molecule has 0 aromatic rings. The van der Waals surface area contributed by atoms with E-state index in [1.807, 2.05) is 13.0 Å². The summed E-state index contributed by atoms with van der Waals surface area (Å²) in [4.78, 5) is 14.6. The van der Waals surface area contributed by atoms with Gasteiger partial charge in [0.1, 0.15) is 18.3 Å². The third-order valence-corrected chi connectivity index (χ3v) is 5.47. The van der Waals surface area contributed by atoms with Gasteiger partial charge in [-0.3, -0.25) is 4.79 Å². The van der Waals surface area contributed by atoms with E-state index in [2.05, 4.69) is 23.9 Å². The molecule has 6 unspecified atom stereocenters. The van der Waals surface area contributed by atoms with Crippen molar-refractivity contribution in [2.45, 2.75) is 109 Å². The second-order valence-corrected chi connectivity index (χ2v) is 8.08. The van der Waals surface area contributed by atoms with Crippen molar-refractivity contribution in [1.82, 2.24) is 0 Å². The van der Waals surface area contributed by atoms with Crippen LogP contribution in [0.5, 0.6) is 0 Å². The monoisotopic (exact) mass is 439 g/mol. The molecule has 0 radical (unpaired) electrons. The molecule has 0 aromatic carbocycles. The third kappa shape index (κ3) is 8.00. The van der Waals surface area contributed by atoms with Crippen molar-refractivity contribution >= 4 is 5.97 Å². The molecule has 1 aliphatic carbocycles. The Kier molecular flexibility index (Phi) is 11.2. The first kappa shape index (κ1) is 25.5. The molecule has 0 N–H and O–H groups in total. The highest BCUT2D eigenvalue weighted by Gasteiger charge is 2.41. The van der Waals surface area contributed by atoms with E-state index in [0.29, 0.717) is 31.8 Å². The quantitative estimate of drug-likeness (QED) is 0.142. The predicted molar refractivity (Wildman–Crippen MR) is 115 cm³/mol. The summed E-state index contributed by atoms with van der Waals surface area (Å²) in [6.07, 6.45) is 5.58. The minimum atomic E-state index is -0.782. The van der Waals surface area contributed by atoms with Crippen molar-refractivity contribution < 1.29 is 28.5 Å². The lowest BCUT2D eigenvalue weighted by molar-refractivity contribution is -0.239. The van der Waals surface area contributed by atoms with Crippen LogP contribution in [0.15, 0.2) is 16.9 Å². The molecular formula is C22H37N3O6. The molecule has 9 heteroatoms. The van der Waals surface area contributed by atoms with Crippen LogP contribution in [0.2, 0.25) is 0 Å². The molecule has 9 nitrogen and oxygen atoms in total. The fraction of sp³-hybridized carbons (Fsp3) is 0.864. The molecule has 6 atom stereocenters. The molecule has 1 saturated carbocycles. The number of esters is 1. The van der Waals surface area contributed by atoms with Crippen molar-refractivity contribution in [3.8, 4) is 0 Å². The van der Waals surface area contributed by atoms with Crippen LogP contribution in [0.3, 0.4) is 0 Å². The molecule has 31 heavy (non-hydrogen) atoms. The first-order valence-corrected chi connectivity index (χ1v) is 11.5. The smallest absolute Gasteiger partial charge is 0.302 e. The number of nitrogens with zero attached hydrogens (tertiary/aromatic N) is 3. The predicted octanol–water partition coefficient (Wildman–Crippen LogP) is 4.80. The topological polar surface area (TPSA) is 112 Å². The Hall–Kier alpha value is -1.80. The molecule has 0 saturated heterocycles. The maximum Gasteiger partial charge on any atom is 0.302 e. The van der Waals surface area contributed by atoms with Crippen LogP contribution >= 0.6 is 0 Å². The molecule has 0 spiro atoms. The second kappa shape index (κ2) is 13.6. The number of azide groups is 1. The molecule has 0 aromatic heterocycles. The van der Waals surface area contributed by atoms with E-state index in [4.69, 9.17) is 29.2 Å². The zero-order valence-corrected chi connectivity index (χ0v) is 19.2. The molecular weight excluding hydrogens is 402 g/mol. The van der Waals surface area contributed by atoms with Gasteiger partial charge in [-0.15, -0.1) is 0 Å². The number of rotatable bonds is 12. The van der Waals surface area contributed by atoms with Gasteiger partial charge >= 0.3 is 5.97 Å². The first-order chi connectivity index (χ1) is 15.0. The van der Waals surface area contributed by atoms with E-state index < -0.39 is 30.5 Å². The summed E-state index contributed by atoms with van der Waals surface area (Å²) in [7, 11) is 0. The normalized spacial score (nSPS) is 30.8. The van der Waals surface area contributed by atoms with Gasteiger partial charge in [-0.05, 0) is 50.6 Å². The van der Waals surface area contributed by atoms with Crippen molar-refractivity contribution in [1.29, 1.82) is 0 Å². The van der Waals surface area contributed by atoms with Gasteiger partial charge < -0.3 is 23.7 Å². The standard InChI is InChI=1S/C22H37N3O6/c1-5-7-12-27-19-14-20(28-13-8-6-2)22(29-15(19)3)31-21-17(24-25-23)10-9-11-18(21)30-16(4)26/h14-15,17-19,21-22H,5-13H2,1-4H3. The fourth-order valence-corrected chi connectivity index (χ4v) is 3.77. The van der Waals surface area contributed by atoms with Gasteiger partial charge in [0.05, 0.1) is 18.8 Å². The Morgan fingerprint density at radius 1 is 1.26 bits per heavy atom. The van der Waals surface area contributed by atoms with Crippen LogP contribution in [-0.2, 0) is 28.5 Å². The number of unbranched alkanes of at least 4 members (excludes halogenated alkanes) is 2. The average molecular weight is 440 g/mol. The van der Waals surface area contributed by atoms with E-state index in [0.717, 1.165) is 32.1 Å². The summed E-state index contributed by atoms with van der Waals surface area (Å²) >= 11 is 0. The Morgan fingerprint density at radius 3 is 2.68 bits per heavy atom. The van der Waals surface area contributed by atoms with Gasteiger partial charge in [0, 0.05) is 18.4 Å². The van der Waals surface area contributed by atoms with E-state index >= 15 is 0 Å². The van der Waals surface area contributed by atoms with Crippen molar-refractivity contribution in [3.05, 3.63) is 22.3 Å². The second-order valence-electron chi connectivity index (χ2n) is 8.08. The van der Waals surface area contributed by atoms with Crippen molar-refractivity contribution in [2.24, 2.45) is 5.11 Å². The zero-order chi connectivity index (χ0) is 22.6. The lowest BCUT2D eigenvalue weighted by atomic mass is 9.90. The lowest BCUT2D eigenvalue weighted by Gasteiger charge is -2.40. The van der Waals surface area contributed by atoms with Crippen LogP contribution < -0.4 is 0 Å². The minimum absolute atomic E-state index is 0.230. The van der Waals surface area contributed by atoms with E-state index in [9.17, 15) is 4.79 Å². The molecule has 0 amide bonds. The summed E-state index contributed by atoms with van der Waals surface area (Å²) in [5.74, 6) is 0.164. The summed E-state index contributed by atoms with van der Waals surface area (Å²) in [5.41, 5.74) is 9.00. The van der Waals surface area contributed by atoms with Crippen molar-refractivity contribution in [2.75, 3.05) is 13.2 Å². The molecule has 0 bridgehead atoms. The Morgan fingerprint density at radius 2 is 2.00 bits per heavy atom. The minimum Gasteiger partial charge on any atom is -0.493 e. The van der Waals surface area contributed by atoms with E-state index in [1.54, 1.807) is 0 Å². The number of hydrogen-bond donors (Lipinski definition) is 0.